The van der Waals surface area contributed by atoms with Crippen LogP contribution >= 0.6 is 0 Å². The number of hydrogen-bond acceptors (Lipinski definition) is 4. The zero-order valence-electron chi connectivity index (χ0n) is 10.1. The van der Waals surface area contributed by atoms with Crippen LogP contribution in [0.1, 0.15) is 11.1 Å². The lowest BCUT2D eigenvalue weighted by molar-refractivity contribution is 0.321. The number of benzene rings is 1. The summed E-state index contributed by atoms with van der Waals surface area (Å²) in [6.07, 6.45) is 4.50. The highest BCUT2D eigenvalue weighted by Gasteiger charge is 2.04. The van der Waals surface area contributed by atoms with Gasteiger partial charge in [-0.2, -0.15) is 10.4 Å². The second-order valence-corrected chi connectivity index (χ2v) is 3.99. The average Bonchev–Trinajstić information content (AvgIpc) is 2.77. The molecule has 0 aliphatic carbocycles. The number of aromatic nitrogens is 2. The third kappa shape index (κ3) is 2.80. The van der Waals surface area contributed by atoms with Crippen molar-refractivity contribution < 1.29 is 4.74 Å². The first-order chi connectivity index (χ1) is 8.69. The molecule has 1 aromatic heterocycles. The Balaban J connectivity index is 1.96. The quantitative estimate of drug-likeness (QED) is 0.824. The number of ether oxygens (including phenoxy) is 1. The molecular weight excluding hydrogens is 228 g/mol. The second kappa shape index (κ2) is 5.23. The van der Waals surface area contributed by atoms with Crippen LogP contribution in [0.3, 0.4) is 0 Å². The molecule has 0 aliphatic heterocycles. The molecule has 0 radical (unpaired) electrons. The number of nitrogens with zero attached hydrogens (tertiary/aromatic N) is 3. The van der Waals surface area contributed by atoms with Crippen molar-refractivity contribution >= 4 is 5.69 Å². The van der Waals surface area contributed by atoms with E-state index in [1.54, 1.807) is 29.1 Å². The Bertz CT molecular complexity index is 583. The fraction of sp³-hybridized carbons (Fsp3) is 0.231. The van der Waals surface area contributed by atoms with Crippen LogP contribution < -0.4 is 10.5 Å². The summed E-state index contributed by atoms with van der Waals surface area (Å²) in [5, 5.41) is 13.0. The van der Waals surface area contributed by atoms with E-state index in [1.165, 1.54) is 0 Å². The van der Waals surface area contributed by atoms with Crippen LogP contribution in [0.4, 0.5) is 5.69 Å². The van der Waals surface area contributed by atoms with Crippen molar-refractivity contribution in [3.05, 3.63) is 41.7 Å². The molecule has 0 fully saturated rings. The van der Waals surface area contributed by atoms with Gasteiger partial charge in [-0.15, -0.1) is 0 Å². The van der Waals surface area contributed by atoms with Crippen LogP contribution in [-0.2, 0) is 13.5 Å². The zero-order valence-corrected chi connectivity index (χ0v) is 10.1. The molecular formula is C13H14N4O. The van der Waals surface area contributed by atoms with Gasteiger partial charge < -0.3 is 10.5 Å². The molecule has 1 aromatic carbocycles. The van der Waals surface area contributed by atoms with Gasteiger partial charge in [-0.1, -0.05) is 0 Å². The summed E-state index contributed by atoms with van der Waals surface area (Å²) < 4.78 is 7.33. The minimum absolute atomic E-state index is 0.459. The second-order valence-electron chi connectivity index (χ2n) is 3.99. The van der Waals surface area contributed by atoms with E-state index in [1.807, 2.05) is 13.2 Å². The summed E-state index contributed by atoms with van der Waals surface area (Å²) in [6.45, 7) is 0.504. The van der Waals surface area contributed by atoms with Gasteiger partial charge in [-0.3, -0.25) is 4.68 Å². The number of hydrogen-bond donors (Lipinski definition) is 1. The van der Waals surface area contributed by atoms with Crippen LogP contribution in [0.25, 0.3) is 0 Å². The van der Waals surface area contributed by atoms with E-state index in [4.69, 9.17) is 15.7 Å². The number of rotatable bonds is 4. The number of nitrogens with two attached hydrogens (primary N) is 1. The molecule has 92 valence electrons. The summed E-state index contributed by atoms with van der Waals surface area (Å²) in [6, 6.07) is 7.12. The van der Waals surface area contributed by atoms with Crippen LogP contribution in [0.2, 0.25) is 0 Å². The number of anilines is 1. The SMILES string of the molecule is Cn1cc(CCOc2ccc(N)cc2C#N)cn1. The summed E-state index contributed by atoms with van der Waals surface area (Å²) in [4.78, 5) is 0. The van der Waals surface area contributed by atoms with Crippen LogP contribution in [0.5, 0.6) is 5.75 Å². The van der Waals surface area contributed by atoms with Gasteiger partial charge in [-0.05, 0) is 23.8 Å². The van der Waals surface area contributed by atoms with Gasteiger partial charge in [0.05, 0.1) is 18.4 Å². The molecule has 2 N–H and O–H groups in total. The molecule has 0 spiro atoms. The van der Waals surface area contributed by atoms with Crippen molar-refractivity contribution in [1.29, 1.82) is 5.26 Å². The molecule has 5 nitrogen and oxygen atoms in total. The lowest BCUT2D eigenvalue weighted by Crippen LogP contribution is -2.02. The molecule has 0 saturated carbocycles. The Morgan fingerprint density at radius 1 is 1.50 bits per heavy atom. The van der Waals surface area contributed by atoms with E-state index in [0.717, 1.165) is 12.0 Å². The van der Waals surface area contributed by atoms with Crippen LogP contribution in [0, 0.1) is 11.3 Å². The largest absolute Gasteiger partial charge is 0.492 e. The van der Waals surface area contributed by atoms with E-state index in [0.29, 0.717) is 23.6 Å². The van der Waals surface area contributed by atoms with Gasteiger partial charge in [0.2, 0.25) is 0 Å². The normalized spacial score (nSPS) is 10.0. The van der Waals surface area contributed by atoms with Gasteiger partial charge in [-0.25, -0.2) is 0 Å². The van der Waals surface area contributed by atoms with Crippen molar-refractivity contribution in [3.8, 4) is 11.8 Å². The summed E-state index contributed by atoms with van der Waals surface area (Å²) in [5.41, 5.74) is 7.73. The lowest BCUT2D eigenvalue weighted by atomic mass is 10.2. The van der Waals surface area contributed by atoms with E-state index >= 15 is 0 Å². The Morgan fingerprint density at radius 3 is 3.00 bits per heavy atom. The highest BCUT2D eigenvalue weighted by atomic mass is 16.5. The minimum Gasteiger partial charge on any atom is -0.492 e. The average molecular weight is 242 g/mol. The summed E-state index contributed by atoms with van der Waals surface area (Å²) >= 11 is 0. The Labute approximate surface area is 105 Å². The maximum Gasteiger partial charge on any atom is 0.137 e. The van der Waals surface area contributed by atoms with Crippen molar-refractivity contribution in [2.24, 2.45) is 7.05 Å². The standard InChI is InChI=1S/C13H14N4O/c1-17-9-10(8-16-17)4-5-18-13-3-2-12(15)6-11(13)7-14/h2-3,6,8-9H,4-5,15H2,1H3. The summed E-state index contributed by atoms with van der Waals surface area (Å²) in [7, 11) is 1.87. The molecule has 2 rings (SSSR count). The Kier molecular flexibility index (Phi) is 3.49. The van der Waals surface area contributed by atoms with Crippen molar-refractivity contribution in [1.82, 2.24) is 9.78 Å². The smallest absolute Gasteiger partial charge is 0.137 e. The third-order valence-electron chi connectivity index (χ3n) is 2.53. The van der Waals surface area contributed by atoms with Crippen molar-refractivity contribution in [2.75, 3.05) is 12.3 Å². The highest BCUT2D eigenvalue weighted by molar-refractivity contribution is 5.53. The van der Waals surface area contributed by atoms with Gasteiger partial charge in [0, 0.05) is 25.4 Å². The maximum atomic E-state index is 8.96. The first-order valence-corrected chi connectivity index (χ1v) is 5.59. The van der Waals surface area contributed by atoms with Gasteiger partial charge in [0.15, 0.2) is 0 Å². The maximum absolute atomic E-state index is 8.96. The molecule has 0 amide bonds. The lowest BCUT2D eigenvalue weighted by Gasteiger charge is -2.07. The van der Waals surface area contributed by atoms with Gasteiger partial charge >= 0.3 is 0 Å². The summed E-state index contributed by atoms with van der Waals surface area (Å²) in [5.74, 6) is 0.565. The van der Waals surface area contributed by atoms with E-state index in [9.17, 15) is 0 Å². The monoisotopic (exact) mass is 242 g/mol. The van der Waals surface area contributed by atoms with Gasteiger partial charge in [0.25, 0.3) is 0 Å². The first kappa shape index (κ1) is 12.0. The van der Waals surface area contributed by atoms with Crippen molar-refractivity contribution in [2.45, 2.75) is 6.42 Å². The van der Waals surface area contributed by atoms with E-state index in [-0.39, 0.29) is 0 Å². The van der Waals surface area contributed by atoms with Crippen molar-refractivity contribution in [3.63, 3.8) is 0 Å². The Morgan fingerprint density at radius 2 is 2.33 bits per heavy atom. The Hall–Kier alpha value is -2.48. The van der Waals surface area contributed by atoms with E-state index < -0.39 is 0 Å². The number of nitriles is 1. The highest BCUT2D eigenvalue weighted by Crippen LogP contribution is 2.20. The molecule has 5 heteroatoms. The topological polar surface area (TPSA) is 76.9 Å². The van der Waals surface area contributed by atoms with E-state index in [2.05, 4.69) is 11.2 Å². The predicted octanol–water partition coefficient (Wildman–Crippen LogP) is 1.50. The van der Waals surface area contributed by atoms with Crippen LogP contribution in [-0.4, -0.2) is 16.4 Å². The molecule has 0 unspecified atom stereocenters. The molecule has 0 bridgehead atoms. The minimum atomic E-state index is 0.459. The third-order valence-corrected chi connectivity index (χ3v) is 2.53. The number of aryl methyl sites for hydroxylation is 1. The van der Waals surface area contributed by atoms with Gasteiger partial charge in [0.1, 0.15) is 11.8 Å². The molecule has 18 heavy (non-hydrogen) atoms. The molecule has 0 atom stereocenters. The predicted molar refractivity (Wildman–Crippen MR) is 68.0 cm³/mol. The fourth-order valence-electron chi connectivity index (χ4n) is 1.64. The number of nitrogen functional groups attached to an aromatic ring is 1. The molecule has 0 saturated heterocycles. The first-order valence-electron chi connectivity index (χ1n) is 5.59. The molecule has 0 aliphatic rings. The molecule has 1 heterocycles. The molecule has 2 aromatic rings. The fourth-order valence-corrected chi connectivity index (χ4v) is 1.64. The van der Waals surface area contributed by atoms with Crippen LogP contribution in [0.15, 0.2) is 30.6 Å². The zero-order chi connectivity index (χ0) is 13.0.